The Balaban J connectivity index is 2.97. The quantitative estimate of drug-likeness (QED) is 0.742. The van der Waals surface area contributed by atoms with Gasteiger partial charge >= 0.3 is 12.0 Å². The van der Waals surface area contributed by atoms with Gasteiger partial charge in [-0.1, -0.05) is 0 Å². The molecule has 0 saturated carbocycles. The molecule has 5 heteroatoms. The molecule has 1 unspecified atom stereocenters. The number of nitrogens with one attached hydrogen (secondary N) is 1. The van der Waals surface area contributed by atoms with Crippen LogP contribution >= 0.6 is 0 Å². The first-order chi connectivity index (χ1) is 8.10. The predicted molar refractivity (Wildman–Crippen MR) is 69.2 cm³/mol. The van der Waals surface area contributed by atoms with Crippen LogP contribution in [-0.4, -0.2) is 46.3 Å². The Hall–Kier alpha value is -1.10. The lowest BCUT2D eigenvalue weighted by Crippen LogP contribution is -2.64. The molecule has 2 N–H and O–H groups in total. The van der Waals surface area contributed by atoms with Crippen LogP contribution in [0, 0.1) is 5.92 Å². The van der Waals surface area contributed by atoms with Gasteiger partial charge in [-0.25, -0.2) is 9.59 Å². The summed E-state index contributed by atoms with van der Waals surface area (Å²) in [5, 5.41) is 11.3. The van der Waals surface area contributed by atoms with Crippen molar-refractivity contribution in [2.75, 3.05) is 13.1 Å². The zero-order chi connectivity index (χ0) is 14.1. The van der Waals surface area contributed by atoms with Gasteiger partial charge < -0.3 is 10.4 Å². The van der Waals surface area contributed by atoms with Crippen molar-refractivity contribution in [2.24, 2.45) is 5.92 Å². The summed E-state index contributed by atoms with van der Waals surface area (Å²) in [7, 11) is 0. The molecule has 0 spiro atoms. The Morgan fingerprint density at radius 1 is 1.33 bits per heavy atom. The van der Waals surface area contributed by atoms with Crippen LogP contribution < -0.4 is 5.32 Å². The van der Waals surface area contributed by atoms with Gasteiger partial charge in [-0.15, -0.1) is 0 Å². The number of amides is 2. The van der Waals surface area contributed by atoms with Crippen LogP contribution in [0.1, 0.15) is 41.0 Å². The van der Waals surface area contributed by atoms with Crippen LogP contribution in [0.2, 0.25) is 0 Å². The summed E-state index contributed by atoms with van der Waals surface area (Å²) in [6.07, 6.45) is -0.284. The molecule has 2 atom stereocenters. The van der Waals surface area contributed by atoms with Gasteiger partial charge in [0.25, 0.3) is 0 Å². The first kappa shape index (κ1) is 15.0. The fourth-order valence-electron chi connectivity index (χ4n) is 2.86. The van der Waals surface area contributed by atoms with Crippen LogP contribution in [0.4, 0.5) is 4.79 Å². The molecule has 5 nitrogen and oxygen atoms in total. The average molecular weight is 257 g/mol. The second-order valence-corrected chi connectivity index (χ2v) is 6.47. The molecular formula is C13H25N2O3+. The van der Waals surface area contributed by atoms with Crippen LogP contribution in [0.3, 0.4) is 0 Å². The molecule has 1 rings (SSSR count). The number of rotatable bonds is 2. The molecular weight excluding hydrogens is 232 g/mol. The SMILES string of the molecule is CC(C)C(=O)[N+]1(C(C)(C)C)CC[C@@H](NC(=O)O)C1. The number of hydrogen-bond donors (Lipinski definition) is 2. The van der Waals surface area contributed by atoms with Gasteiger partial charge in [0, 0.05) is 6.42 Å². The van der Waals surface area contributed by atoms with E-state index in [0.29, 0.717) is 17.6 Å². The van der Waals surface area contributed by atoms with Crippen molar-refractivity contribution < 1.29 is 19.2 Å². The third-order valence-corrected chi connectivity index (χ3v) is 3.92. The van der Waals surface area contributed by atoms with Crippen molar-refractivity contribution in [1.82, 2.24) is 5.32 Å². The molecule has 0 aromatic heterocycles. The largest absolute Gasteiger partial charge is 0.465 e. The molecule has 1 heterocycles. The minimum atomic E-state index is -1.01. The number of carbonyl (C=O) groups is 2. The van der Waals surface area contributed by atoms with Crippen molar-refractivity contribution in [3.8, 4) is 0 Å². The average Bonchev–Trinajstić information content (AvgIpc) is 2.59. The molecule has 18 heavy (non-hydrogen) atoms. The van der Waals surface area contributed by atoms with Gasteiger partial charge in [-0.05, 0) is 34.6 Å². The van der Waals surface area contributed by atoms with Crippen LogP contribution in [0.5, 0.6) is 0 Å². The van der Waals surface area contributed by atoms with Gasteiger partial charge in [0.1, 0.15) is 6.54 Å². The number of hydrogen-bond acceptors (Lipinski definition) is 2. The van der Waals surface area contributed by atoms with E-state index in [9.17, 15) is 9.59 Å². The highest BCUT2D eigenvalue weighted by atomic mass is 16.4. The van der Waals surface area contributed by atoms with Gasteiger partial charge in [-0.3, -0.25) is 4.48 Å². The monoisotopic (exact) mass is 257 g/mol. The normalized spacial score (nSPS) is 28.4. The summed E-state index contributed by atoms with van der Waals surface area (Å²) in [5.41, 5.74) is -0.198. The molecule has 0 aliphatic carbocycles. The van der Waals surface area contributed by atoms with E-state index in [-0.39, 0.29) is 23.4 Å². The molecule has 0 aromatic rings. The van der Waals surface area contributed by atoms with Crippen LogP contribution in [0.15, 0.2) is 0 Å². The number of carbonyl (C=O) groups excluding carboxylic acids is 1. The van der Waals surface area contributed by atoms with Gasteiger partial charge in [0.2, 0.25) is 0 Å². The van der Waals surface area contributed by atoms with Crippen molar-refractivity contribution in [3.05, 3.63) is 0 Å². The Kier molecular flexibility index (Phi) is 4.05. The van der Waals surface area contributed by atoms with Crippen molar-refractivity contribution in [3.63, 3.8) is 0 Å². The molecule has 1 aliphatic rings. The minimum absolute atomic E-state index is 0.0344. The maximum Gasteiger partial charge on any atom is 0.405 e. The summed E-state index contributed by atoms with van der Waals surface area (Å²) in [6, 6.07) is -0.121. The summed E-state index contributed by atoms with van der Waals surface area (Å²) >= 11 is 0. The number of nitrogens with zero attached hydrogens (tertiary/aromatic N) is 1. The maximum absolute atomic E-state index is 12.5. The van der Waals surface area contributed by atoms with E-state index in [1.807, 2.05) is 13.8 Å². The number of quaternary nitrogens is 1. The predicted octanol–water partition coefficient (Wildman–Crippen LogP) is 1.82. The third kappa shape index (κ3) is 2.66. The molecule has 1 saturated heterocycles. The first-order valence-corrected chi connectivity index (χ1v) is 6.51. The van der Waals surface area contributed by atoms with E-state index in [2.05, 4.69) is 26.1 Å². The van der Waals surface area contributed by atoms with Crippen molar-refractivity contribution in [1.29, 1.82) is 0 Å². The molecule has 2 amide bonds. The number of likely N-dealkylation sites (tertiary alicyclic amines) is 1. The highest BCUT2D eigenvalue weighted by Crippen LogP contribution is 2.33. The lowest BCUT2D eigenvalue weighted by atomic mass is 9.98. The molecule has 0 bridgehead atoms. The summed E-state index contributed by atoms with van der Waals surface area (Å²) < 4.78 is 0.371. The summed E-state index contributed by atoms with van der Waals surface area (Å²) in [4.78, 5) is 23.3. The van der Waals surface area contributed by atoms with E-state index < -0.39 is 6.09 Å². The van der Waals surface area contributed by atoms with Crippen LogP contribution in [0.25, 0.3) is 0 Å². The topological polar surface area (TPSA) is 66.4 Å². The minimum Gasteiger partial charge on any atom is -0.465 e. The van der Waals surface area contributed by atoms with Gasteiger partial charge in [0.05, 0.1) is 24.0 Å². The smallest absolute Gasteiger partial charge is 0.405 e. The first-order valence-electron chi connectivity index (χ1n) is 6.51. The van der Waals surface area contributed by atoms with E-state index in [1.54, 1.807) is 0 Å². The zero-order valence-electron chi connectivity index (χ0n) is 12.0. The lowest BCUT2D eigenvalue weighted by molar-refractivity contribution is -0.891. The molecule has 0 radical (unpaired) electrons. The van der Waals surface area contributed by atoms with Gasteiger partial charge in [-0.2, -0.15) is 0 Å². The fourth-order valence-corrected chi connectivity index (χ4v) is 2.86. The summed E-state index contributed by atoms with van der Waals surface area (Å²) in [5.74, 6) is 0.171. The molecule has 0 aromatic carbocycles. The van der Waals surface area contributed by atoms with Crippen LogP contribution in [-0.2, 0) is 4.79 Å². The second-order valence-electron chi connectivity index (χ2n) is 6.47. The second kappa shape index (κ2) is 4.88. The Morgan fingerprint density at radius 2 is 1.89 bits per heavy atom. The standard InChI is InChI=1S/C13H24N2O3/c1-9(2)11(16)15(13(3,4)5)7-6-10(8-15)14-12(17)18/h9-10,14H,6-8H2,1-5H3/p+1/t10-,15?/m1/s1. The Bertz CT molecular complexity index is 347. The van der Waals surface area contributed by atoms with E-state index in [0.717, 1.165) is 6.42 Å². The molecule has 1 fully saturated rings. The van der Waals surface area contributed by atoms with E-state index in [4.69, 9.17) is 5.11 Å². The van der Waals surface area contributed by atoms with E-state index in [1.165, 1.54) is 0 Å². The van der Waals surface area contributed by atoms with E-state index >= 15 is 0 Å². The molecule has 1 aliphatic heterocycles. The maximum atomic E-state index is 12.5. The van der Waals surface area contributed by atoms with Crippen molar-refractivity contribution in [2.45, 2.75) is 52.6 Å². The highest BCUT2D eigenvalue weighted by molar-refractivity contribution is 5.72. The fraction of sp³-hybridized carbons (Fsp3) is 0.846. The van der Waals surface area contributed by atoms with Gasteiger partial charge in [0.15, 0.2) is 0 Å². The lowest BCUT2D eigenvalue weighted by Gasteiger charge is -2.44. The molecule has 104 valence electrons. The van der Waals surface area contributed by atoms with Crippen molar-refractivity contribution >= 4 is 12.0 Å². The summed E-state index contributed by atoms with van der Waals surface area (Å²) in [6.45, 7) is 11.2. The Morgan fingerprint density at radius 3 is 2.28 bits per heavy atom. The Labute approximate surface area is 109 Å². The third-order valence-electron chi connectivity index (χ3n) is 3.92. The highest BCUT2D eigenvalue weighted by Gasteiger charge is 2.53. The zero-order valence-corrected chi connectivity index (χ0v) is 12.0. The number of carboxylic acid groups (broad SMARTS) is 1.